The lowest BCUT2D eigenvalue weighted by atomic mass is 9.85. The van der Waals surface area contributed by atoms with Crippen molar-refractivity contribution in [2.45, 2.75) is 51.3 Å². The summed E-state index contributed by atoms with van der Waals surface area (Å²) in [6, 6.07) is 2.54. The fraction of sp³-hybridized carbons (Fsp3) is 0.381. The summed E-state index contributed by atoms with van der Waals surface area (Å²) in [4.78, 5) is 21.0. The molecule has 0 radical (unpaired) electrons. The maximum Gasteiger partial charge on any atom is 0.407 e. The number of imidazole rings is 1. The maximum absolute atomic E-state index is 14.6. The molecular weight excluding hydrogens is 397 g/mol. The van der Waals surface area contributed by atoms with Gasteiger partial charge in [-0.2, -0.15) is 0 Å². The van der Waals surface area contributed by atoms with E-state index in [2.05, 4.69) is 15.3 Å². The maximum atomic E-state index is 14.6. The Kier molecular flexibility index (Phi) is 4.91. The SMILES string of the molecule is CC(C)(C)OC(=O)N[C@H]1Cn2c(nc3cnccc32)C[C@@H]1c1cc(F)c(F)cc1F. The van der Waals surface area contributed by atoms with Gasteiger partial charge in [-0.05, 0) is 38.5 Å². The third kappa shape index (κ3) is 3.83. The normalized spacial score (nSPS) is 18.9. The van der Waals surface area contributed by atoms with Crippen LogP contribution in [0.1, 0.15) is 38.1 Å². The number of ether oxygens (including phenoxy) is 1. The number of hydrogen-bond donors (Lipinski definition) is 1. The molecule has 1 aliphatic rings. The van der Waals surface area contributed by atoms with Gasteiger partial charge >= 0.3 is 6.09 Å². The van der Waals surface area contributed by atoms with Gasteiger partial charge in [-0.3, -0.25) is 4.98 Å². The molecule has 0 saturated carbocycles. The number of nitrogens with one attached hydrogen (secondary N) is 1. The number of halogens is 3. The van der Waals surface area contributed by atoms with Crippen LogP contribution in [-0.2, 0) is 17.7 Å². The van der Waals surface area contributed by atoms with Crippen molar-refractivity contribution in [2.24, 2.45) is 0 Å². The van der Waals surface area contributed by atoms with E-state index >= 15 is 0 Å². The van der Waals surface area contributed by atoms with E-state index in [0.717, 1.165) is 11.6 Å². The number of amides is 1. The minimum atomic E-state index is -1.26. The number of alkyl carbamates (subject to hydrolysis) is 1. The molecule has 1 aromatic carbocycles. The van der Waals surface area contributed by atoms with Crippen LogP contribution in [0.15, 0.2) is 30.6 Å². The van der Waals surface area contributed by atoms with Crippen LogP contribution in [0.2, 0.25) is 0 Å². The van der Waals surface area contributed by atoms with Crippen LogP contribution >= 0.6 is 0 Å². The molecule has 3 heterocycles. The van der Waals surface area contributed by atoms with Crippen molar-refractivity contribution in [3.63, 3.8) is 0 Å². The minimum Gasteiger partial charge on any atom is -0.444 e. The van der Waals surface area contributed by atoms with E-state index < -0.39 is 41.1 Å². The number of pyridine rings is 1. The summed E-state index contributed by atoms with van der Waals surface area (Å²) in [5.74, 6) is -3.30. The van der Waals surface area contributed by atoms with Crippen LogP contribution in [0.25, 0.3) is 11.0 Å². The van der Waals surface area contributed by atoms with Gasteiger partial charge in [0.2, 0.25) is 0 Å². The van der Waals surface area contributed by atoms with Gasteiger partial charge in [-0.25, -0.2) is 22.9 Å². The summed E-state index contributed by atoms with van der Waals surface area (Å²) in [5.41, 5.74) is 0.738. The highest BCUT2D eigenvalue weighted by molar-refractivity contribution is 5.75. The Hall–Kier alpha value is -3.10. The second-order valence-corrected chi connectivity index (χ2v) is 8.35. The number of hydrogen-bond acceptors (Lipinski definition) is 4. The number of fused-ring (bicyclic) bond motifs is 3. The van der Waals surface area contributed by atoms with Crippen molar-refractivity contribution >= 4 is 17.1 Å². The van der Waals surface area contributed by atoms with Crippen molar-refractivity contribution in [1.82, 2.24) is 19.9 Å². The Morgan fingerprint density at radius 2 is 1.93 bits per heavy atom. The van der Waals surface area contributed by atoms with Gasteiger partial charge in [0, 0.05) is 31.1 Å². The van der Waals surface area contributed by atoms with Gasteiger partial charge in [0.15, 0.2) is 11.6 Å². The highest BCUT2D eigenvalue weighted by Gasteiger charge is 2.36. The molecular formula is C21H21F3N4O2. The molecule has 30 heavy (non-hydrogen) atoms. The molecule has 2 aromatic heterocycles. The zero-order chi connectivity index (χ0) is 21.6. The van der Waals surface area contributed by atoms with Gasteiger partial charge < -0.3 is 14.6 Å². The molecule has 6 nitrogen and oxygen atoms in total. The van der Waals surface area contributed by atoms with Gasteiger partial charge in [0.25, 0.3) is 0 Å². The zero-order valence-corrected chi connectivity index (χ0v) is 16.7. The zero-order valence-electron chi connectivity index (χ0n) is 16.7. The molecule has 0 spiro atoms. The van der Waals surface area contributed by atoms with Crippen LogP contribution in [0.3, 0.4) is 0 Å². The number of benzene rings is 1. The smallest absolute Gasteiger partial charge is 0.407 e. The minimum absolute atomic E-state index is 0.0219. The average Bonchev–Trinajstić information content (AvgIpc) is 3.00. The lowest BCUT2D eigenvalue weighted by Gasteiger charge is -2.34. The predicted molar refractivity (Wildman–Crippen MR) is 103 cm³/mol. The van der Waals surface area contributed by atoms with Gasteiger partial charge in [0.1, 0.15) is 22.8 Å². The van der Waals surface area contributed by atoms with Crippen LogP contribution in [0, 0.1) is 17.5 Å². The second kappa shape index (κ2) is 7.30. The number of carbonyl (C=O) groups excluding carboxylic acids is 1. The molecule has 1 aliphatic heterocycles. The van der Waals surface area contributed by atoms with Crippen LogP contribution in [0.5, 0.6) is 0 Å². The van der Waals surface area contributed by atoms with E-state index in [1.807, 2.05) is 4.57 Å². The Morgan fingerprint density at radius 1 is 1.20 bits per heavy atom. The monoisotopic (exact) mass is 418 g/mol. The first-order valence-electron chi connectivity index (χ1n) is 9.55. The van der Waals surface area contributed by atoms with Crippen molar-refractivity contribution in [3.05, 3.63) is 59.4 Å². The summed E-state index contributed by atoms with van der Waals surface area (Å²) < 4.78 is 49.2. The fourth-order valence-corrected chi connectivity index (χ4v) is 3.81. The summed E-state index contributed by atoms with van der Waals surface area (Å²) in [5, 5.41) is 2.77. The molecule has 0 unspecified atom stereocenters. The topological polar surface area (TPSA) is 69.0 Å². The first kappa shape index (κ1) is 20.2. The molecule has 0 aliphatic carbocycles. The highest BCUT2D eigenvalue weighted by Crippen LogP contribution is 2.34. The van der Waals surface area contributed by atoms with Crippen molar-refractivity contribution < 1.29 is 22.7 Å². The number of carbonyl (C=O) groups is 1. The first-order chi connectivity index (χ1) is 14.1. The largest absolute Gasteiger partial charge is 0.444 e. The summed E-state index contributed by atoms with van der Waals surface area (Å²) in [6.07, 6.45) is 2.80. The van der Waals surface area contributed by atoms with E-state index in [1.165, 1.54) is 0 Å². The summed E-state index contributed by atoms with van der Waals surface area (Å²) in [6.45, 7) is 5.45. The average molecular weight is 418 g/mol. The van der Waals surface area contributed by atoms with Crippen LogP contribution in [0.4, 0.5) is 18.0 Å². The summed E-state index contributed by atoms with van der Waals surface area (Å²) >= 11 is 0. The van der Waals surface area contributed by atoms with E-state index in [9.17, 15) is 18.0 Å². The van der Waals surface area contributed by atoms with Gasteiger partial charge in [-0.15, -0.1) is 0 Å². The highest BCUT2D eigenvalue weighted by atomic mass is 19.2. The molecule has 2 atom stereocenters. The van der Waals surface area contributed by atoms with Crippen molar-refractivity contribution in [3.8, 4) is 0 Å². The Bertz CT molecular complexity index is 1120. The third-order valence-corrected chi connectivity index (χ3v) is 5.04. The summed E-state index contributed by atoms with van der Waals surface area (Å²) in [7, 11) is 0. The van der Waals surface area contributed by atoms with Crippen molar-refractivity contribution in [1.29, 1.82) is 0 Å². The molecule has 9 heteroatoms. The molecule has 0 saturated heterocycles. The molecule has 3 aromatic rings. The fourth-order valence-electron chi connectivity index (χ4n) is 3.81. The van der Waals surface area contributed by atoms with Crippen LogP contribution < -0.4 is 5.32 Å². The van der Waals surface area contributed by atoms with E-state index in [0.29, 0.717) is 17.4 Å². The van der Waals surface area contributed by atoms with E-state index in [1.54, 1.807) is 39.2 Å². The Balaban J connectivity index is 1.75. The lowest BCUT2D eigenvalue weighted by Crippen LogP contribution is -2.47. The van der Waals surface area contributed by atoms with Crippen molar-refractivity contribution in [2.75, 3.05) is 0 Å². The number of aromatic nitrogens is 3. The first-order valence-corrected chi connectivity index (χ1v) is 9.55. The quantitative estimate of drug-likeness (QED) is 0.637. The molecule has 4 rings (SSSR count). The Labute approximate surface area is 171 Å². The molecule has 1 N–H and O–H groups in total. The molecule has 158 valence electrons. The second-order valence-electron chi connectivity index (χ2n) is 8.35. The lowest BCUT2D eigenvalue weighted by molar-refractivity contribution is 0.0485. The predicted octanol–water partition coefficient (Wildman–Crippen LogP) is 4.08. The number of rotatable bonds is 2. The number of nitrogens with zero attached hydrogens (tertiary/aromatic N) is 3. The Morgan fingerprint density at radius 3 is 2.67 bits per heavy atom. The third-order valence-electron chi connectivity index (χ3n) is 5.04. The van der Waals surface area contributed by atoms with Gasteiger partial charge in [0.05, 0.1) is 17.8 Å². The van der Waals surface area contributed by atoms with E-state index in [-0.39, 0.29) is 18.5 Å². The van der Waals surface area contributed by atoms with E-state index in [4.69, 9.17) is 4.74 Å². The molecule has 0 fully saturated rings. The van der Waals surface area contributed by atoms with Gasteiger partial charge in [-0.1, -0.05) is 0 Å². The van der Waals surface area contributed by atoms with Crippen LogP contribution in [-0.4, -0.2) is 32.3 Å². The standard InChI is InChI=1S/C21H21F3N4O2/c1-21(2,3)30-20(29)27-17-10-28-18-4-5-25-9-16(18)26-19(28)7-12(17)11-6-14(23)15(24)8-13(11)22/h4-6,8-9,12,17H,7,10H2,1-3H3,(H,27,29)/t12-,17+/m1/s1. The molecule has 1 amide bonds. The molecule has 0 bridgehead atoms.